The van der Waals surface area contributed by atoms with E-state index in [-0.39, 0.29) is 5.91 Å². The molecule has 0 saturated carbocycles. The Morgan fingerprint density at radius 1 is 1.23 bits per heavy atom. The molecular weight excluding hydrogens is 280 g/mol. The molecule has 120 valence electrons. The Hall–Kier alpha value is -1.75. The zero-order chi connectivity index (χ0) is 15.5. The fourth-order valence-electron chi connectivity index (χ4n) is 3.71. The van der Waals surface area contributed by atoms with Crippen LogP contribution in [0.15, 0.2) is 18.2 Å². The van der Waals surface area contributed by atoms with Gasteiger partial charge in [0.1, 0.15) is 11.5 Å². The standard InChI is InChI=1S/C17H24N2O3/c1-21-14-5-6-15(16(10-14)22-2)19-17(20)9-11-7-12-3-4-13(8-11)18-12/h5-6,10-13,18H,3-4,7-9H2,1-2H3,(H,19,20). The first-order valence-corrected chi connectivity index (χ1v) is 7.96. The van der Waals surface area contributed by atoms with Gasteiger partial charge in [-0.05, 0) is 43.7 Å². The maximum atomic E-state index is 12.3. The van der Waals surface area contributed by atoms with Crippen LogP contribution in [0.3, 0.4) is 0 Å². The second-order valence-electron chi connectivity index (χ2n) is 6.29. The van der Waals surface area contributed by atoms with Gasteiger partial charge in [-0.3, -0.25) is 4.79 Å². The summed E-state index contributed by atoms with van der Waals surface area (Å²) in [4.78, 5) is 12.3. The van der Waals surface area contributed by atoms with Crippen molar-refractivity contribution in [2.45, 2.75) is 44.2 Å². The van der Waals surface area contributed by atoms with E-state index in [1.165, 1.54) is 12.8 Å². The van der Waals surface area contributed by atoms with Crippen LogP contribution in [0.5, 0.6) is 11.5 Å². The lowest BCUT2D eigenvalue weighted by atomic mass is 9.89. The summed E-state index contributed by atoms with van der Waals surface area (Å²) in [7, 11) is 3.20. The molecule has 1 aromatic rings. The van der Waals surface area contributed by atoms with Gasteiger partial charge in [0.05, 0.1) is 19.9 Å². The quantitative estimate of drug-likeness (QED) is 0.878. The van der Waals surface area contributed by atoms with E-state index in [4.69, 9.17) is 9.47 Å². The van der Waals surface area contributed by atoms with Gasteiger partial charge in [-0.15, -0.1) is 0 Å². The number of amides is 1. The van der Waals surface area contributed by atoms with Crippen molar-refractivity contribution in [2.75, 3.05) is 19.5 Å². The van der Waals surface area contributed by atoms with Crippen molar-refractivity contribution in [1.82, 2.24) is 5.32 Å². The molecule has 3 rings (SSSR count). The molecule has 2 aliphatic heterocycles. The number of fused-ring (bicyclic) bond motifs is 2. The van der Waals surface area contributed by atoms with E-state index in [0.29, 0.717) is 41.6 Å². The van der Waals surface area contributed by atoms with Crippen LogP contribution in [0, 0.1) is 5.92 Å². The van der Waals surface area contributed by atoms with Crippen LogP contribution in [0.2, 0.25) is 0 Å². The monoisotopic (exact) mass is 304 g/mol. The average Bonchev–Trinajstić information content (AvgIpc) is 2.86. The average molecular weight is 304 g/mol. The highest BCUT2D eigenvalue weighted by Crippen LogP contribution is 2.34. The summed E-state index contributed by atoms with van der Waals surface area (Å²) >= 11 is 0. The molecule has 0 aromatic heterocycles. The zero-order valence-corrected chi connectivity index (χ0v) is 13.2. The van der Waals surface area contributed by atoms with Crippen LogP contribution in [-0.2, 0) is 4.79 Å². The van der Waals surface area contributed by atoms with Gasteiger partial charge in [0.15, 0.2) is 0 Å². The van der Waals surface area contributed by atoms with E-state index in [1.807, 2.05) is 12.1 Å². The molecule has 5 nitrogen and oxygen atoms in total. The smallest absolute Gasteiger partial charge is 0.224 e. The minimum Gasteiger partial charge on any atom is -0.497 e. The third kappa shape index (κ3) is 3.35. The Labute approximate surface area is 131 Å². The molecule has 0 spiro atoms. The lowest BCUT2D eigenvalue weighted by Gasteiger charge is -2.28. The molecular formula is C17H24N2O3. The number of carbonyl (C=O) groups is 1. The van der Waals surface area contributed by atoms with Gasteiger partial charge >= 0.3 is 0 Å². The Kier molecular flexibility index (Phi) is 4.52. The van der Waals surface area contributed by atoms with Crippen molar-refractivity contribution in [1.29, 1.82) is 0 Å². The summed E-state index contributed by atoms with van der Waals surface area (Å²) in [6, 6.07) is 6.66. The Morgan fingerprint density at radius 3 is 2.59 bits per heavy atom. The number of hydrogen-bond acceptors (Lipinski definition) is 4. The number of hydrogen-bond donors (Lipinski definition) is 2. The van der Waals surface area contributed by atoms with Crippen molar-refractivity contribution in [2.24, 2.45) is 5.92 Å². The minimum atomic E-state index is 0.0646. The summed E-state index contributed by atoms with van der Waals surface area (Å²) in [6.07, 6.45) is 5.33. The summed E-state index contributed by atoms with van der Waals surface area (Å²) in [5.41, 5.74) is 0.699. The molecule has 2 N–H and O–H groups in total. The Morgan fingerprint density at radius 2 is 1.95 bits per heavy atom. The normalized spacial score (nSPS) is 26.5. The third-order valence-corrected chi connectivity index (χ3v) is 4.73. The van der Waals surface area contributed by atoms with Crippen LogP contribution < -0.4 is 20.1 Å². The van der Waals surface area contributed by atoms with Gasteiger partial charge in [0.2, 0.25) is 5.91 Å². The molecule has 1 amide bonds. The van der Waals surface area contributed by atoms with E-state index >= 15 is 0 Å². The van der Waals surface area contributed by atoms with Gasteiger partial charge in [-0.1, -0.05) is 0 Å². The Bertz CT molecular complexity index is 535. The number of anilines is 1. The molecule has 0 radical (unpaired) electrons. The summed E-state index contributed by atoms with van der Waals surface area (Å²) in [5.74, 6) is 1.89. The molecule has 2 saturated heterocycles. The number of nitrogens with one attached hydrogen (secondary N) is 2. The Balaban J connectivity index is 1.59. The number of methoxy groups -OCH3 is 2. The fraction of sp³-hybridized carbons (Fsp3) is 0.588. The summed E-state index contributed by atoms with van der Waals surface area (Å²) < 4.78 is 10.5. The van der Waals surface area contributed by atoms with E-state index in [0.717, 1.165) is 12.8 Å². The lowest BCUT2D eigenvalue weighted by molar-refractivity contribution is -0.117. The minimum absolute atomic E-state index is 0.0646. The third-order valence-electron chi connectivity index (χ3n) is 4.73. The fourth-order valence-corrected chi connectivity index (χ4v) is 3.71. The van der Waals surface area contributed by atoms with Crippen LogP contribution in [0.4, 0.5) is 5.69 Å². The summed E-state index contributed by atoms with van der Waals surface area (Å²) in [5, 5.41) is 6.58. The van der Waals surface area contributed by atoms with Gasteiger partial charge in [0.25, 0.3) is 0 Å². The second kappa shape index (κ2) is 6.57. The SMILES string of the molecule is COc1ccc(NC(=O)CC2CC3CCC(C2)N3)c(OC)c1. The summed E-state index contributed by atoms with van der Waals surface area (Å²) in [6.45, 7) is 0. The van der Waals surface area contributed by atoms with Crippen LogP contribution in [-0.4, -0.2) is 32.2 Å². The zero-order valence-electron chi connectivity index (χ0n) is 13.2. The molecule has 2 heterocycles. The molecule has 2 aliphatic rings. The predicted octanol–water partition coefficient (Wildman–Crippen LogP) is 2.56. The molecule has 2 bridgehead atoms. The van der Waals surface area contributed by atoms with Crippen molar-refractivity contribution in [3.8, 4) is 11.5 Å². The van der Waals surface area contributed by atoms with Gasteiger partial charge in [-0.25, -0.2) is 0 Å². The van der Waals surface area contributed by atoms with Gasteiger partial charge < -0.3 is 20.1 Å². The molecule has 0 aliphatic carbocycles. The topological polar surface area (TPSA) is 59.6 Å². The highest BCUT2D eigenvalue weighted by Gasteiger charge is 2.34. The number of piperidine rings is 1. The maximum absolute atomic E-state index is 12.3. The van der Waals surface area contributed by atoms with Gasteiger partial charge in [0, 0.05) is 24.6 Å². The first-order chi connectivity index (χ1) is 10.7. The van der Waals surface area contributed by atoms with E-state index in [9.17, 15) is 4.79 Å². The first-order valence-electron chi connectivity index (χ1n) is 7.96. The van der Waals surface area contributed by atoms with E-state index < -0.39 is 0 Å². The van der Waals surface area contributed by atoms with Crippen molar-refractivity contribution < 1.29 is 14.3 Å². The highest BCUT2D eigenvalue weighted by molar-refractivity contribution is 5.92. The number of ether oxygens (including phenoxy) is 2. The van der Waals surface area contributed by atoms with Crippen molar-refractivity contribution in [3.05, 3.63) is 18.2 Å². The molecule has 22 heavy (non-hydrogen) atoms. The number of rotatable bonds is 5. The van der Waals surface area contributed by atoms with Crippen molar-refractivity contribution >= 4 is 11.6 Å². The number of benzene rings is 1. The molecule has 2 fully saturated rings. The lowest BCUT2D eigenvalue weighted by Crippen LogP contribution is -2.39. The van der Waals surface area contributed by atoms with Crippen molar-refractivity contribution in [3.63, 3.8) is 0 Å². The molecule has 5 heteroatoms. The second-order valence-corrected chi connectivity index (χ2v) is 6.29. The van der Waals surface area contributed by atoms with E-state index in [2.05, 4.69) is 10.6 Å². The van der Waals surface area contributed by atoms with Crippen LogP contribution in [0.25, 0.3) is 0 Å². The largest absolute Gasteiger partial charge is 0.497 e. The first kappa shape index (κ1) is 15.2. The highest BCUT2D eigenvalue weighted by atomic mass is 16.5. The molecule has 1 aromatic carbocycles. The number of carbonyl (C=O) groups excluding carboxylic acids is 1. The molecule has 2 atom stereocenters. The van der Waals surface area contributed by atoms with E-state index in [1.54, 1.807) is 20.3 Å². The maximum Gasteiger partial charge on any atom is 0.224 e. The predicted molar refractivity (Wildman–Crippen MR) is 85.5 cm³/mol. The van der Waals surface area contributed by atoms with Crippen LogP contribution in [0.1, 0.15) is 32.1 Å². The van der Waals surface area contributed by atoms with Crippen LogP contribution >= 0.6 is 0 Å². The molecule has 2 unspecified atom stereocenters. The van der Waals surface area contributed by atoms with Gasteiger partial charge in [-0.2, -0.15) is 0 Å².